The van der Waals surface area contributed by atoms with E-state index in [1.54, 1.807) is 32.0 Å². The maximum absolute atomic E-state index is 13.3. The number of aliphatic hydroxyl groups is 1. The van der Waals surface area contributed by atoms with E-state index in [9.17, 15) is 18.3 Å². The van der Waals surface area contributed by atoms with E-state index >= 15 is 0 Å². The first kappa shape index (κ1) is 29.9. The molecule has 222 valence electrons. The number of halogens is 1. The Balaban J connectivity index is 1.54. The Hall–Kier alpha value is -2.59. The van der Waals surface area contributed by atoms with Crippen molar-refractivity contribution in [3.05, 3.63) is 70.3 Å². The molecule has 4 atom stereocenters. The molecule has 2 aromatic carbocycles. The van der Waals surface area contributed by atoms with Gasteiger partial charge in [-0.3, -0.25) is 4.79 Å². The van der Waals surface area contributed by atoms with Gasteiger partial charge in [-0.25, -0.2) is 4.72 Å². The molecule has 2 aromatic rings. The summed E-state index contributed by atoms with van der Waals surface area (Å²) < 4.78 is 36.4. The molecule has 2 N–H and O–H groups in total. The number of nitrogens with zero attached hydrogens (tertiary/aromatic N) is 2. The van der Waals surface area contributed by atoms with Crippen LogP contribution in [0.25, 0.3) is 0 Å². The summed E-state index contributed by atoms with van der Waals surface area (Å²) in [5.41, 5.74) is 3.25. The molecule has 2 bridgehead atoms. The smallest absolute Gasteiger partial charge is 0.304 e. The highest BCUT2D eigenvalue weighted by atomic mass is 35.5. The summed E-state index contributed by atoms with van der Waals surface area (Å²) in [5.74, 6) is 0.376. The third kappa shape index (κ3) is 6.74. The standard InChI is InChI=1S/C31H40ClN3O5S/c1-3-35-21(2)7-6-9-29(36)27-14-11-24(27)19-34-16-5-4-8-22-17-26(32)13-10-25(22)20-40-30-15-12-23(18-28(30)34)31(37)33-41(35,38)39/h6,9-10,12-13,15,17-18,21,24,27,29,36H,3-5,7-8,11,14,16,19-20H2,1-2H3,(H,33,37)/b9-6+/t21-,24+,27-,29?/m1/s1. The summed E-state index contributed by atoms with van der Waals surface area (Å²) >= 11 is 6.30. The Bertz CT molecular complexity index is 1400. The highest BCUT2D eigenvalue weighted by Gasteiger charge is 2.37. The summed E-state index contributed by atoms with van der Waals surface area (Å²) in [7, 11) is -4.09. The predicted octanol–water partition coefficient (Wildman–Crippen LogP) is 5.09. The first-order valence-electron chi connectivity index (χ1n) is 14.6. The largest absolute Gasteiger partial charge is 0.487 e. The Morgan fingerprint density at radius 3 is 2.71 bits per heavy atom. The molecule has 1 fully saturated rings. The molecule has 2 heterocycles. The van der Waals surface area contributed by atoms with Crippen molar-refractivity contribution in [1.82, 2.24) is 9.03 Å². The topological polar surface area (TPSA) is 99.2 Å². The van der Waals surface area contributed by atoms with Crippen LogP contribution in [0.2, 0.25) is 5.02 Å². The average Bonchev–Trinajstić information content (AvgIpc) is 2.93. The summed E-state index contributed by atoms with van der Waals surface area (Å²) in [4.78, 5) is 15.6. The summed E-state index contributed by atoms with van der Waals surface area (Å²) in [6.45, 7) is 5.58. The highest BCUT2D eigenvalue weighted by Crippen LogP contribution is 2.41. The third-order valence-corrected chi connectivity index (χ3v) is 10.7. The van der Waals surface area contributed by atoms with Crippen LogP contribution in [0.5, 0.6) is 5.75 Å². The van der Waals surface area contributed by atoms with Crippen molar-refractivity contribution >= 4 is 33.4 Å². The van der Waals surface area contributed by atoms with Gasteiger partial charge in [-0.05, 0) is 98.7 Å². The normalized spacial score (nSPS) is 28.1. The number of ether oxygens (including phenoxy) is 1. The van der Waals surface area contributed by atoms with E-state index in [-0.39, 0.29) is 24.1 Å². The molecule has 0 aromatic heterocycles. The van der Waals surface area contributed by atoms with Crippen LogP contribution < -0.4 is 14.4 Å². The fourth-order valence-electron chi connectivity index (χ4n) is 6.26. The number of fused-ring (bicyclic) bond motifs is 3. The first-order valence-corrected chi connectivity index (χ1v) is 16.5. The minimum absolute atomic E-state index is 0.126. The highest BCUT2D eigenvalue weighted by molar-refractivity contribution is 7.87. The number of amides is 1. The number of carbonyl (C=O) groups excluding carboxylic acids is 1. The number of aliphatic hydroxyl groups excluding tert-OH is 1. The molecule has 41 heavy (non-hydrogen) atoms. The van der Waals surface area contributed by atoms with Crippen molar-refractivity contribution in [2.45, 2.75) is 71.1 Å². The Morgan fingerprint density at radius 1 is 1.12 bits per heavy atom. The Morgan fingerprint density at radius 2 is 1.95 bits per heavy atom. The van der Waals surface area contributed by atoms with Gasteiger partial charge in [0.05, 0.1) is 11.8 Å². The van der Waals surface area contributed by atoms with Gasteiger partial charge < -0.3 is 14.7 Å². The molecule has 0 radical (unpaired) electrons. The fourth-order valence-corrected chi connectivity index (χ4v) is 7.83. The van der Waals surface area contributed by atoms with Crippen LogP contribution in [-0.2, 0) is 23.2 Å². The monoisotopic (exact) mass is 601 g/mol. The average molecular weight is 602 g/mol. The van der Waals surface area contributed by atoms with Gasteiger partial charge in [0.15, 0.2) is 0 Å². The second-order valence-electron chi connectivity index (χ2n) is 11.4. The molecule has 8 nitrogen and oxygen atoms in total. The van der Waals surface area contributed by atoms with Gasteiger partial charge >= 0.3 is 10.2 Å². The molecule has 1 aliphatic carbocycles. The molecule has 1 unspecified atom stereocenters. The lowest BCUT2D eigenvalue weighted by atomic mass is 9.70. The van der Waals surface area contributed by atoms with Crippen molar-refractivity contribution in [3.63, 3.8) is 0 Å². The van der Waals surface area contributed by atoms with E-state index < -0.39 is 22.2 Å². The molecule has 10 heteroatoms. The van der Waals surface area contributed by atoms with Gasteiger partial charge in [-0.15, -0.1) is 0 Å². The van der Waals surface area contributed by atoms with E-state index in [0.717, 1.165) is 49.9 Å². The van der Waals surface area contributed by atoms with E-state index in [1.807, 2.05) is 30.4 Å². The van der Waals surface area contributed by atoms with Gasteiger partial charge in [-0.1, -0.05) is 36.7 Å². The summed E-state index contributed by atoms with van der Waals surface area (Å²) in [6.07, 6.45) is 8.24. The van der Waals surface area contributed by atoms with Crippen molar-refractivity contribution < 1.29 is 23.1 Å². The molecule has 1 amide bonds. The lowest BCUT2D eigenvalue weighted by Crippen LogP contribution is -2.47. The van der Waals surface area contributed by atoms with Gasteiger partial charge in [0.2, 0.25) is 0 Å². The Labute approximate surface area is 248 Å². The molecule has 0 spiro atoms. The fraction of sp³-hybridized carbons (Fsp3) is 0.516. The molecule has 0 saturated heterocycles. The minimum Gasteiger partial charge on any atom is -0.487 e. The van der Waals surface area contributed by atoms with Crippen molar-refractivity contribution in [2.75, 3.05) is 24.5 Å². The molecular weight excluding hydrogens is 562 g/mol. The summed E-state index contributed by atoms with van der Waals surface area (Å²) in [6, 6.07) is 10.6. The van der Waals surface area contributed by atoms with Crippen molar-refractivity contribution in [3.8, 4) is 5.75 Å². The van der Waals surface area contributed by atoms with Crippen molar-refractivity contribution in [2.24, 2.45) is 11.8 Å². The van der Waals surface area contributed by atoms with Crippen LogP contribution in [0.15, 0.2) is 48.6 Å². The van der Waals surface area contributed by atoms with Gasteiger partial charge in [-0.2, -0.15) is 12.7 Å². The Kier molecular flexibility index (Phi) is 9.28. The number of benzene rings is 2. The number of aryl methyl sites for hydroxylation is 1. The van der Waals surface area contributed by atoms with E-state index in [1.165, 1.54) is 9.87 Å². The van der Waals surface area contributed by atoms with E-state index in [4.69, 9.17) is 16.3 Å². The van der Waals surface area contributed by atoms with Gasteiger partial charge in [0, 0.05) is 36.3 Å². The zero-order valence-electron chi connectivity index (χ0n) is 23.8. The third-order valence-electron chi connectivity index (χ3n) is 8.75. The maximum Gasteiger partial charge on any atom is 0.304 e. The van der Waals surface area contributed by atoms with Gasteiger partial charge in [0.25, 0.3) is 5.91 Å². The van der Waals surface area contributed by atoms with Crippen LogP contribution in [0, 0.1) is 11.8 Å². The summed E-state index contributed by atoms with van der Waals surface area (Å²) in [5, 5.41) is 11.7. The molecule has 5 rings (SSSR count). The number of hydrogen-bond acceptors (Lipinski definition) is 6. The number of rotatable bonds is 1. The van der Waals surface area contributed by atoms with Crippen LogP contribution in [-0.4, -0.2) is 55.5 Å². The quantitative estimate of drug-likeness (QED) is 0.442. The predicted molar refractivity (Wildman–Crippen MR) is 162 cm³/mol. The van der Waals surface area contributed by atoms with Gasteiger partial charge in [0.1, 0.15) is 12.4 Å². The second kappa shape index (κ2) is 12.7. The molecule has 2 aliphatic heterocycles. The number of hydrogen-bond donors (Lipinski definition) is 2. The maximum atomic E-state index is 13.3. The van der Waals surface area contributed by atoms with Crippen LogP contribution in [0.3, 0.4) is 0 Å². The van der Waals surface area contributed by atoms with Crippen LogP contribution in [0.1, 0.15) is 67.4 Å². The molecule has 1 saturated carbocycles. The molecular formula is C31H40ClN3O5S. The van der Waals surface area contributed by atoms with E-state index in [0.29, 0.717) is 36.3 Å². The van der Waals surface area contributed by atoms with Crippen LogP contribution in [0.4, 0.5) is 5.69 Å². The number of carbonyl (C=O) groups is 1. The zero-order chi connectivity index (χ0) is 29.1. The lowest BCUT2D eigenvalue weighted by molar-refractivity contribution is 0.0461. The van der Waals surface area contributed by atoms with Crippen LogP contribution >= 0.6 is 11.6 Å². The minimum atomic E-state index is -4.09. The number of anilines is 1. The zero-order valence-corrected chi connectivity index (χ0v) is 25.3. The number of nitrogens with one attached hydrogen (secondary N) is 1. The second-order valence-corrected chi connectivity index (χ2v) is 13.5. The molecule has 3 aliphatic rings. The lowest BCUT2D eigenvalue weighted by Gasteiger charge is -2.42. The van der Waals surface area contributed by atoms with E-state index in [2.05, 4.69) is 9.62 Å². The first-order chi connectivity index (χ1) is 19.7. The van der Waals surface area contributed by atoms with Crippen molar-refractivity contribution in [1.29, 1.82) is 0 Å². The SMILES string of the molecule is CCN1[C@H](C)C/C=C/C(O)[C@@H]2CC[C@H]2CN2CCCCc3cc(Cl)ccc3COc3ccc(cc32)C(=O)NS1(=O)=O.